The second-order valence-corrected chi connectivity index (χ2v) is 6.77. The van der Waals surface area contributed by atoms with Gasteiger partial charge in [-0.1, -0.05) is 0 Å². The fourth-order valence-corrected chi connectivity index (χ4v) is 4.30. The highest BCUT2D eigenvalue weighted by atomic mass is 32.2. The van der Waals surface area contributed by atoms with Crippen LogP contribution in [-0.4, -0.2) is 30.8 Å². The van der Waals surface area contributed by atoms with Gasteiger partial charge >= 0.3 is 5.97 Å². The van der Waals surface area contributed by atoms with Crippen molar-refractivity contribution in [3.8, 4) is 0 Å². The number of ether oxygens (including phenoxy) is 1. The number of fused-ring (bicyclic) bond motifs is 1. The number of amides is 1. The Balaban J connectivity index is 1.75. The van der Waals surface area contributed by atoms with Crippen molar-refractivity contribution in [1.29, 1.82) is 0 Å². The predicted octanol–water partition coefficient (Wildman–Crippen LogP) is 2.61. The van der Waals surface area contributed by atoms with Gasteiger partial charge in [-0.3, -0.25) is 9.59 Å². The van der Waals surface area contributed by atoms with Crippen molar-refractivity contribution in [1.82, 2.24) is 5.32 Å². The van der Waals surface area contributed by atoms with Crippen LogP contribution in [-0.2, 0) is 21.7 Å². The van der Waals surface area contributed by atoms with Gasteiger partial charge in [0.25, 0.3) is 5.91 Å². The van der Waals surface area contributed by atoms with E-state index in [0.29, 0.717) is 26.0 Å². The maximum atomic E-state index is 12.0. The zero-order valence-corrected chi connectivity index (χ0v) is 13.2. The number of rotatable bonds is 6. The van der Waals surface area contributed by atoms with Crippen molar-refractivity contribution in [3.63, 3.8) is 0 Å². The Hall–Kier alpha value is -1.01. The second kappa shape index (κ2) is 7.69. The molecular formula is C14H19NO3S2. The molecule has 2 heterocycles. The largest absolute Gasteiger partial charge is 0.466 e. The van der Waals surface area contributed by atoms with E-state index in [4.69, 9.17) is 4.74 Å². The number of carbonyl (C=O) groups is 2. The number of esters is 1. The molecule has 1 N–H and O–H groups in total. The van der Waals surface area contributed by atoms with Gasteiger partial charge in [-0.15, -0.1) is 11.3 Å². The van der Waals surface area contributed by atoms with E-state index >= 15 is 0 Å². The lowest BCUT2D eigenvalue weighted by Gasteiger charge is -2.08. The fraction of sp³-hybridized carbons (Fsp3) is 0.571. The lowest BCUT2D eigenvalue weighted by atomic mass is 10.2. The lowest BCUT2D eigenvalue weighted by Crippen LogP contribution is -2.24. The molecule has 4 nitrogen and oxygen atoms in total. The van der Waals surface area contributed by atoms with E-state index in [0.717, 1.165) is 22.8 Å². The third-order valence-electron chi connectivity index (χ3n) is 3.00. The molecule has 6 heteroatoms. The van der Waals surface area contributed by atoms with Crippen LogP contribution < -0.4 is 5.32 Å². The molecule has 1 aromatic heterocycles. The molecule has 0 atom stereocenters. The van der Waals surface area contributed by atoms with Gasteiger partial charge in [0.05, 0.1) is 11.5 Å². The lowest BCUT2D eigenvalue weighted by molar-refractivity contribution is -0.143. The van der Waals surface area contributed by atoms with Gasteiger partial charge in [0.2, 0.25) is 0 Å². The first-order valence-corrected chi connectivity index (χ1v) is 8.81. The van der Waals surface area contributed by atoms with Crippen molar-refractivity contribution in [2.24, 2.45) is 0 Å². The van der Waals surface area contributed by atoms with Crippen molar-refractivity contribution < 1.29 is 14.3 Å². The van der Waals surface area contributed by atoms with Gasteiger partial charge in [0.1, 0.15) is 0 Å². The van der Waals surface area contributed by atoms with Crippen LogP contribution in [0.4, 0.5) is 0 Å². The van der Waals surface area contributed by atoms with Crippen LogP contribution in [0.5, 0.6) is 0 Å². The minimum Gasteiger partial charge on any atom is -0.466 e. The average Bonchev–Trinajstić information content (AvgIpc) is 2.87. The summed E-state index contributed by atoms with van der Waals surface area (Å²) in [4.78, 5) is 25.3. The minimum absolute atomic E-state index is 0.0294. The molecule has 0 spiro atoms. The summed E-state index contributed by atoms with van der Waals surface area (Å²) >= 11 is 3.51. The first-order chi connectivity index (χ1) is 9.70. The van der Waals surface area contributed by atoms with Crippen LogP contribution in [0.25, 0.3) is 0 Å². The van der Waals surface area contributed by atoms with Crippen LogP contribution in [0.15, 0.2) is 6.07 Å². The average molecular weight is 313 g/mol. The fourth-order valence-electron chi connectivity index (χ4n) is 2.01. The standard InChI is InChI=1S/C14H19NO3S2/c1-2-18-13(16)4-3-6-15-14(17)12-8-10-9-19-7-5-11(10)20-12/h8H,2-7,9H2,1H3,(H,15,17). The van der Waals surface area contributed by atoms with Gasteiger partial charge in [-0.2, -0.15) is 11.8 Å². The molecule has 0 bridgehead atoms. The smallest absolute Gasteiger partial charge is 0.305 e. The highest BCUT2D eigenvalue weighted by Gasteiger charge is 2.17. The Labute approximate surface area is 127 Å². The summed E-state index contributed by atoms with van der Waals surface area (Å²) in [6.07, 6.45) is 2.04. The van der Waals surface area contributed by atoms with Crippen molar-refractivity contribution in [3.05, 3.63) is 21.4 Å². The SMILES string of the molecule is CCOC(=O)CCCNC(=O)c1cc2c(s1)CCSC2. The van der Waals surface area contributed by atoms with E-state index in [1.807, 2.05) is 17.8 Å². The molecule has 2 rings (SSSR count). The minimum atomic E-state index is -0.203. The Morgan fingerprint density at radius 2 is 2.30 bits per heavy atom. The quantitative estimate of drug-likeness (QED) is 0.648. The monoisotopic (exact) mass is 313 g/mol. The number of carbonyl (C=O) groups excluding carboxylic acids is 2. The summed E-state index contributed by atoms with van der Waals surface area (Å²) in [5, 5.41) is 2.86. The number of hydrogen-bond acceptors (Lipinski definition) is 5. The first-order valence-electron chi connectivity index (χ1n) is 6.84. The molecule has 0 fully saturated rings. The highest BCUT2D eigenvalue weighted by Crippen LogP contribution is 2.31. The molecule has 0 aliphatic carbocycles. The second-order valence-electron chi connectivity index (χ2n) is 4.53. The zero-order valence-electron chi connectivity index (χ0n) is 11.6. The Bertz CT molecular complexity index is 461. The van der Waals surface area contributed by atoms with Crippen LogP contribution in [0.2, 0.25) is 0 Å². The van der Waals surface area contributed by atoms with Gasteiger partial charge in [0, 0.05) is 23.6 Å². The molecule has 1 aliphatic heterocycles. The molecule has 0 saturated heterocycles. The number of thioether (sulfide) groups is 1. The van der Waals surface area contributed by atoms with E-state index in [9.17, 15) is 9.59 Å². The highest BCUT2D eigenvalue weighted by molar-refractivity contribution is 7.98. The molecule has 0 saturated carbocycles. The molecule has 1 aliphatic rings. The number of hydrogen-bond donors (Lipinski definition) is 1. The van der Waals surface area contributed by atoms with Crippen molar-refractivity contribution in [2.45, 2.75) is 31.9 Å². The zero-order chi connectivity index (χ0) is 14.4. The maximum absolute atomic E-state index is 12.0. The number of thiophene rings is 1. The summed E-state index contributed by atoms with van der Waals surface area (Å²) in [5.41, 5.74) is 1.31. The number of nitrogens with one attached hydrogen (secondary N) is 1. The normalized spacial score (nSPS) is 13.7. The van der Waals surface area contributed by atoms with E-state index < -0.39 is 0 Å². The molecule has 1 aromatic rings. The van der Waals surface area contributed by atoms with Gasteiger partial charge in [-0.25, -0.2) is 0 Å². The predicted molar refractivity (Wildman–Crippen MR) is 82.4 cm³/mol. The molecule has 1 amide bonds. The molecule has 20 heavy (non-hydrogen) atoms. The summed E-state index contributed by atoms with van der Waals surface area (Å²) in [5.74, 6) is 1.93. The third-order valence-corrected chi connectivity index (χ3v) is 5.24. The van der Waals surface area contributed by atoms with Crippen LogP contribution in [0.3, 0.4) is 0 Å². The summed E-state index contributed by atoms with van der Waals surface area (Å²) in [6, 6.07) is 2.01. The van der Waals surface area contributed by atoms with Crippen LogP contribution in [0.1, 0.15) is 39.9 Å². The first kappa shape index (κ1) is 15.4. The van der Waals surface area contributed by atoms with Crippen LogP contribution in [0, 0.1) is 0 Å². The van der Waals surface area contributed by atoms with Gasteiger partial charge < -0.3 is 10.1 Å². The Morgan fingerprint density at radius 1 is 1.45 bits per heavy atom. The van der Waals surface area contributed by atoms with Crippen molar-refractivity contribution in [2.75, 3.05) is 18.9 Å². The Morgan fingerprint density at radius 3 is 3.05 bits per heavy atom. The summed E-state index contributed by atoms with van der Waals surface area (Å²) in [6.45, 7) is 2.70. The topological polar surface area (TPSA) is 55.4 Å². The van der Waals surface area contributed by atoms with Gasteiger partial charge in [-0.05, 0) is 37.1 Å². The van der Waals surface area contributed by atoms with Gasteiger partial charge in [0.15, 0.2) is 0 Å². The molecular weight excluding hydrogens is 294 g/mol. The van der Waals surface area contributed by atoms with E-state index in [1.165, 1.54) is 10.4 Å². The van der Waals surface area contributed by atoms with E-state index in [2.05, 4.69) is 5.32 Å². The van der Waals surface area contributed by atoms with Crippen molar-refractivity contribution >= 4 is 35.0 Å². The summed E-state index contributed by atoms with van der Waals surface area (Å²) < 4.78 is 4.84. The van der Waals surface area contributed by atoms with E-state index in [-0.39, 0.29) is 11.9 Å². The Kier molecular flexibility index (Phi) is 5.91. The third kappa shape index (κ3) is 4.24. The molecule has 110 valence electrons. The summed E-state index contributed by atoms with van der Waals surface area (Å²) in [7, 11) is 0. The maximum Gasteiger partial charge on any atom is 0.305 e. The number of aryl methyl sites for hydroxylation is 1. The molecule has 0 aromatic carbocycles. The molecule has 0 unspecified atom stereocenters. The van der Waals surface area contributed by atoms with E-state index in [1.54, 1.807) is 18.3 Å². The van der Waals surface area contributed by atoms with Crippen LogP contribution >= 0.6 is 23.1 Å². The molecule has 0 radical (unpaired) electrons.